The Kier molecular flexibility index (Phi) is 17.4. The van der Waals surface area contributed by atoms with E-state index in [2.05, 4.69) is 4.74 Å². The summed E-state index contributed by atoms with van der Waals surface area (Å²) in [5.41, 5.74) is 0. The van der Waals surface area contributed by atoms with Crippen molar-refractivity contribution in [2.24, 2.45) is 0 Å². The molecule has 8 heteroatoms. The maximum atomic E-state index is 11.6. The van der Waals surface area contributed by atoms with Gasteiger partial charge in [-0.05, 0) is 37.8 Å². The molecular formula is C25H40O8. The number of allylic oxidation sites excluding steroid dienone is 1. The molecule has 0 fully saturated rings. The van der Waals surface area contributed by atoms with Crippen LogP contribution in [0.2, 0.25) is 0 Å². The van der Waals surface area contributed by atoms with Crippen LogP contribution >= 0.6 is 0 Å². The molecule has 0 spiro atoms. The molecule has 8 nitrogen and oxygen atoms in total. The number of rotatable bonds is 17. The zero-order chi connectivity index (χ0) is 25.1. The molecule has 188 valence electrons. The van der Waals surface area contributed by atoms with E-state index in [1.807, 2.05) is 19.1 Å². The Morgan fingerprint density at radius 3 is 1.94 bits per heavy atom. The summed E-state index contributed by atoms with van der Waals surface area (Å²) < 4.78 is 20.8. The van der Waals surface area contributed by atoms with Crippen molar-refractivity contribution in [2.45, 2.75) is 104 Å². The third kappa shape index (κ3) is 17.6. The van der Waals surface area contributed by atoms with E-state index < -0.39 is 36.2 Å². The second-order valence-electron chi connectivity index (χ2n) is 7.75. The smallest absolute Gasteiger partial charge is 0.305 e. The molecule has 0 aromatic carbocycles. The summed E-state index contributed by atoms with van der Waals surface area (Å²) in [6.07, 6.45) is 11.8. The van der Waals surface area contributed by atoms with Gasteiger partial charge < -0.3 is 18.9 Å². The van der Waals surface area contributed by atoms with Crippen LogP contribution in [0.4, 0.5) is 0 Å². The van der Waals surface area contributed by atoms with Crippen LogP contribution in [0.5, 0.6) is 0 Å². The number of hydrogen-bond acceptors (Lipinski definition) is 8. The first-order chi connectivity index (χ1) is 15.7. The highest BCUT2D eigenvalue weighted by Gasteiger charge is 2.24. The first-order valence-corrected chi connectivity index (χ1v) is 11.6. The van der Waals surface area contributed by atoms with Gasteiger partial charge in [0, 0.05) is 33.6 Å². The molecule has 0 saturated carbocycles. The van der Waals surface area contributed by atoms with E-state index >= 15 is 0 Å². The topological polar surface area (TPSA) is 105 Å². The second kappa shape index (κ2) is 18.9. The summed E-state index contributed by atoms with van der Waals surface area (Å²) >= 11 is 0. The minimum absolute atomic E-state index is 0.199. The quantitative estimate of drug-likeness (QED) is 0.132. The van der Waals surface area contributed by atoms with Gasteiger partial charge in [0.2, 0.25) is 0 Å². The molecule has 0 aromatic heterocycles. The molecular weight excluding hydrogens is 428 g/mol. The van der Waals surface area contributed by atoms with Gasteiger partial charge in [-0.25, -0.2) is 0 Å². The minimum atomic E-state index is -0.802. The van der Waals surface area contributed by atoms with Crippen molar-refractivity contribution in [1.82, 2.24) is 0 Å². The highest BCUT2D eigenvalue weighted by atomic mass is 16.6. The zero-order valence-electron chi connectivity index (χ0n) is 20.7. The molecule has 0 aliphatic carbocycles. The Labute approximate surface area is 197 Å². The first kappa shape index (κ1) is 30.4. The highest BCUT2D eigenvalue weighted by Crippen LogP contribution is 2.16. The van der Waals surface area contributed by atoms with Crippen LogP contribution < -0.4 is 0 Å². The van der Waals surface area contributed by atoms with E-state index in [9.17, 15) is 19.2 Å². The Bertz CT molecular complexity index is 653. The van der Waals surface area contributed by atoms with Crippen LogP contribution in [0.25, 0.3) is 0 Å². The molecule has 0 radical (unpaired) electrons. The molecule has 0 aliphatic heterocycles. The highest BCUT2D eigenvalue weighted by molar-refractivity contribution is 5.69. The lowest BCUT2D eigenvalue weighted by Gasteiger charge is -2.24. The van der Waals surface area contributed by atoms with Crippen LogP contribution in [-0.4, -0.2) is 49.3 Å². The average Bonchev–Trinajstić information content (AvgIpc) is 2.73. The fraction of sp³-hybridized carbons (Fsp3) is 0.680. The van der Waals surface area contributed by atoms with E-state index in [0.29, 0.717) is 19.3 Å². The summed E-state index contributed by atoms with van der Waals surface area (Å²) in [5, 5.41) is 0. The van der Waals surface area contributed by atoms with E-state index in [4.69, 9.17) is 14.2 Å². The van der Waals surface area contributed by atoms with E-state index in [1.54, 1.807) is 12.2 Å². The number of esters is 4. The van der Waals surface area contributed by atoms with Crippen LogP contribution in [0.15, 0.2) is 24.3 Å². The lowest BCUT2D eigenvalue weighted by atomic mass is 10.0. The fourth-order valence-electron chi connectivity index (χ4n) is 3.18. The van der Waals surface area contributed by atoms with E-state index in [0.717, 1.165) is 38.5 Å². The third-order valence-electron chi connectivity index (χ3n) is 4.69. The van der Waals surface area contributed by atoms with Crippen molar-refractivity contribution in [3.63, 3.8) is 0 Å². The molecule has 0 amide bonds. The Morgan fingerprint density at radius 2 is 1.36 bits per heavy atom. The summed E-state index contributed by atoms with van der Waals surface area (Å²) in [7, 11) is 1.38. The van der Waals surface area contributed by atoms with Gasteiger partial charge in [0.1, 0.15) is 12.2 Å². The minimum Gasteiger partial charge on any atom is -0.469 e. The molecule has 33 heavy (non-hydrogen) atoms. The first-order valence-electron chi connectivity index (χ1n) is 11.6. The van der Waals surface area contributed by atoms with E-state index in [-0.39, 0.29) is 5.97 Å². The standard InChI is InChI=1S/C25H40O8/c1-6-7-11-15-23(32-20(3)27)24(33-21(4)28)18-17-22(31-19(2)26)14-12-9-8-10-13-16-25(29)30-5/h7,11,17-18,22-24H,6,8-10,12-16H2,1-5H3/b11-7-,18-17+/t22-,23+,24+/m1/s1. The molecule has 0 heterocycles. The van der Waals surface area contributed by atoms with Gasteiger partial charge in [0.15, 0.2) is 6.10 Å². The van der Waals surface area contributed by atoms with Crippen LogP contribution in [0.3, 0.4) is 0 Å². The van der Waals surface area contributed by atoms with Gasteiger partial charge >= 0.3 is 23.9 Å². The Balaban J connectivity index is 5.02. The Hall–Kier alpha value is -2.64. The summed E-state index contributed by atoms with van der Waals surface area (Å²) in [5.74, 6) is -1.58. The van der Waals surface area contributed by atoms with Gasteiger partial charge in [-0.15, -0.1) is 0 Å². The van der Waals surface area contributed by atoms with Crippen molar-refractivity contribution in [1.29, 1.82) is 0 Å². The summed E-state index contributed by atoms with van der Waals surface area (Å²) in [4.78, 5) is 45.8. The molecule has 0 aromatic rings. The molecule has 0 rings (SSSR count). The Morgan fingerprint density at radius 1 is 0.758 bits per heavy atom. The third-order valence-corrected chi connectivity index (χ3v) is 4.69. The van der Waals surface area contributed by atoms with Gasteiger partial charge in [-0.3, -0.25) is 19.2 Å². The monoisotopic (exact) mass is 468 g/mol. The van der Waals surface area contributed by atoms with Gasteiger partial charge in [0.05, 0.1) is 7.11 Å². The average molecular weight is 469 g/mol. The van der Waals surface area contributed by atoms with Crippen molar-refractivity contribution in [2.75, 3.05) is 7.11 Å². The number of methoxy groups -OCH3 is 1. The summed E-state index contributed by atoms with van der Waals surface area (Å²) in [6.45, 7) is 5.92. The van der Waals surface area contributed by atoms with Crippen molar-refractivity contribution < 1.29 is 38.1 Å². The van der Waals surface area contributed by atoms with Crippen molar-refractivity contribution in [3.05, 3.63) is 24.3 Å². The van der Waals surface area contributed by atoms with Crippen molar-refractivity contribution >= 4 is 23.9 Å². The second-order valence-corrected chi connectivity index (χ2v) is 7.75. The van der Waals surface area contributed by atoms with Crippen LogP contribution in [0.1, 0.15) is 85.5 Å². The van der Waals surface area contributed by atoms with E-state index in [1.165, 1.54) is 27.9 Å². The van der Waals surface area contributed by atoms with Gasteiger partial charge in [-0.2, -0.15) is 0 Å². The largest absolute Gasteiger partial charge is 0.469 e. The SMILES string of the molecule is CC/C=C\C[C@H](OC(C)=O)[C@H](/C=C/[C@@H](CCCCCCCC(=O)OC)OC(C)=O)OC(C)=O. The lowest BCUT2D eigenvalue weighted by molar-refractivity contribution is -0.161. The zero-order valence-corrected chi connectivity index (χ0v) is 20.7. The molecule has 0 saturated heterocycles. The summed E-state index contributed by atoms with van der Waals surface area (Å²) in [6, 6.07) is 0. The number of carbonyl (C=O) groups excluding carboxylic acids is 4. The molecule has 3 atom stereocenters. The number of unbranched alkanes of at least 4 members (excludes halogenated alkanes) is 4. The molecule has 0 unspecified atom stereocenters. The lowest BCUT2D eigenvalue weighted by Crippen LogP contribution is -2.33. The fourth-order valence-corrected chi connectivity index (χ4v) is 3.18. The van der Waals surface area contributed by atoms with Crippen LogP contribution in [-0.2, 0) is 38.1 Å². The van der Waals surface area contributed by atoms with Gasteiger partial charge in [0.25, 0.3) is 0 Å². The van der Waals surface area contributed by atoms with Crippen LogP contribution in [0, 0.1) is 0 Å². The predicted molar refractivity (Wildman–Crippen MR) is 124 cm³/mol. The normalized spacial score (nSPS) is 14.0. The maximum Gasteiger partial charge on any atom is 0.305 e. The predicted octanol–water partition coefficient (Wildman–Crippen LogP) is 4.60. The molecule has 0 N–H and O–H groups in total. The van der Waals surface area contributed by atoms with Gasteiger partial charge in [-0.1, -0.05) is 38.3 Å². The molecule has 0 aliphatic rings. The number of ether oxygens (including phenoxy) is 4. The molecule has 0 bridgehead atoms. The maximum absolute atomic E-state index is 11.6. The van der Waals surface area contributed by atoms with Crippen molar-refractivity contribution in [3.8, 4) is 0 Å². The number of carbonyl (C=O) groups is 4. The number of hydrogen-bond donors (Lipinski definition) is 0.